The summed E-state index contributed by atoms with van der Waals surface area (Å²) in [6.07, 6.45) is 1.06. The third kappa shape index (κ3) is 2.06. The number of aliphatic carboxylic acids is 1. The highest BCUT2D eigenvalue weighted by Gasteiger charge is 2.36. The lowest BCUT2D eigenvalue weighted by Gasteiger charge is -2.34. The van der Waals surface area contributed by atoms with Crippen molar-refractivity contribution in [2.75, 3.05) is 0 Å². The fourth-order valence-corrected chi connectivity index (χ4v) is 2.95. The summed E-state index contributed by atoms with van der Waals surface area (Å²) in [6, 6.07) is 5.00. The fourth-order valence-electron chi connectivity index (χ4n) is 2.95. The van der Waals surface area contributed by atoms with Gasteiger partial charge in [0.15, 0.2) is 0 Å². The van der Waals surface area contributed by atoms with Gasteiger partial charge in [0.05, 0.1) is 5.92 Å². The summed E-state index contributed by atoms with van der Waals surface area (Å²) in [6.45, 7) is 4.00. The maximum Gasteiger partial charge on any atom is 0.307 e. The topological polar surface area (TPSA) is 37.3 Å². The predicted molar refractivity (Wildman–Crippen MR) is 63.4 cm³/mol. The van der Waals surface area contributed by atoms with Crippen LogP contribution in [0.1, 0.15) is 37.3 Å². The van der Waals surface area contributed by atoms with E-state index in [0.717, 1.165) is 5.56 Å². The van der Waals surface area contributed by atoms with Gasteiger partial charge in [0.1, 0.15) is 5.82 Å². The Labute approximate surface area is 100 Å². The van der Waals surface area contributed by atoms with Gasteiger partial charge in [-0.05, 0) is 41.9 Å². The smallest absolute Gasteiger partial charge is 0.307 e. The molecule has 2 rings (SSSR count). The summed E-state index contributed by atoms with van der Waals surface area (Å²) in [4.78, 5) is 11.3. The van der Waals surface area contributed by atoms with Crippen LogP contribution >= 0.6 is 0 Å². The van der Waals surface area contributed by atoms with E-state index in [9.17, 15) is 14.3 Å². The lowest BCUT2D eigenvalue weighted by Crippen LogP contribution is -2.31. The number of carbonyl (C=O) groups is 1. The minimum Gasteiger partial charge on any atom is -0.481 e. The molecule has 0 fully saturated rings. The zero-order valence-electron chi connectivity index (χ0n) is 10.1. The molecule has 1 aromatic carbocycles. The van der Waals surface area contributed by atoms with E-state index < -0.39 is 5.97 Å². The summed E-state index contributed by atoms with van der Waals surface area (Å²) < 4.78 is 13.7. The molecule has 0 spiro atoms. The van der Waals surface area contributed by atoms with Gasteiger partial charge < -0.3 is 5.11 Å². The van der Waals surface area contributed by atoms with Gasteiger partial charge in [-0.2, -0.15) is 0 Å². The molecular formula is C14H17FO2. The Balaban J connectivity index is 2.50. The lowest BCUT2D eigenvalue weighted by molar-refractivity contribution is -0.143. The number of carboxylic acids is 1. The molecule has 0 aromatic heterocycles. The highest BCUT2D eigenvalue weighted by Crippen LogP contribution is 2.41. The quantitative estimate of drug-likeness (QED) is 0.856. The van der Waals surface area contributed by atoms with Crippen LogP contribution in [-0.2, 0) is 11.2 Å². The SMILES string of the molecule is CC(C)C1c2cccc(F)c2CCC1C(=O)O. The second kappa shape index (κ2) is 4.47. The molecule has 0 bridgehead atoms. The first-order chi connectivity index (χ1) is 8.02. The molecule has 0 aliphatic heterocycles. The summed E-state index contributed by atoms with van der Waals surface area (Å²) in [5.41, 5.74) is 1.60. The number of carboxylic acid groups (broad SMARTS) is 1. The van der Waals surface area contributed by atoms with Gasteiger partial charge in [0.2, 0.25) is 0 Å². The average molecular weight is 236 g/mol. The molecule has 3 heteroatoms. The molecule has 17 heavy (non-hydrogen) atoms. The van der Waals surface area contributed by atoms with E-state index in [2.05, 4.69) is 0 Å². The second-order valence-corrected chi connectivity index (χ2v) is 5.06. The van der Waals surface area contributed by atoms with Crippen LogP contribution in [0.5, 0.6) is 0 Å². The van der Waals surface area contributed by atoms with Crippen molar-refractivity contribution in [2.45, 2.75) is 32.6 Å². The number of benzene rings is 1. The molecule has 92 valence electrons. The summed E-state index contributed by atoms with van der Waals surface area (Å²) in [5, 5.41) is 9.26. The maximum absolute atomic E-state index is 13.7. The van der Waals surface area contributed by atoms with Crippen molar-refractivity contribution < 1.29 is 14.3 Å². The molecule has 1 aliphatic carbocycles. The van der Waals surface area contributed by atoms with E-state index in [1.807, 2.05) is 19.9 Å². The van der Waals surface area contributed by atoms with Gasteiger partial charge >= 0.3 is 5.97 Å². The van der Waals surface area contributed by atoms with Crippen molar-refractivity contribution in [3.8, 4) is 0 Å². The molecule has 0 radical (unpaired) electrons. The van der Waals surface area contributed by atoms with E-state index in [4.69, 9.17) is 0 Å². The van der Waals surface area contributed by atoms with E-state index >= 15 is 0 Å². The largest absolute Gasteiger partial charge is 0.481 e. The molecule has 2 atom stereocenters. The third-order valence-corrected chi connectivity index (χ3v) is 3.69. The Bertz CT molecular complexity index is 440. The molecular weight excluding hydrogens is 219 g/mol. The molecule has 1 aromatic rings. The number of hydrogen-bond acceptors (Lipinski definition) is 1. The molecule has 0 amide bonds. The van der Waals surface area contributed by atoms with Crippen molar-refractivity contribution in [2.24, 2.45) is 11.8 Å². The van der Waals surface area contributed by atoms with Crippen molar-refractivity contribution in [3.63, 3.8) is 0 Å². The normalized spacial score (nSPS) is 23.5. The Hall–Kier alpha value is -1.38. The second-order valence-electron chi connectivity index (χ2n) is 5.06. The van der Waals surface area contributed by atoms with Crippen LogP contribution in [0, 0.1) is 17.7 Å². The molecule has 0 heterocycles. The molecule has 0 saturated carbocycles. The summed E-state index contributed by atoms with van der Waals surface area (Å²) >= 11 is 0. The summed E-state index contributed by atoms with van der Waals surface area (Å²) in [7, 11) is 0. The van der Waals surface area contributed by atoms with Crippen LogP contribution in [0.3, 0.4) is 0 Å². The van der Waals surface area contributed by atoms with E-state index in [-0.39, 0.29) is 23.6 Å². The van der Waals surface area contributed by atoms with Gasteiger partial charge in [-0.3, -0.25) is 4.79 Å². The van der Waals surface area contributed by atoms with Gasteiger partial charge in [-0.1, -0.05) is 26.0 Å². The standard InChI is InChI=1S/C14H17FO2/c1-8(2)13-10-4-3-5-12(15)9(10)6-7-11(13)14(16)17/h3-5,8,11,13H,6-7H2,1-2H3,(H,16,17). The number of rotatable bonds is 2. The van der Waals surface area contributed by atoms with Crippen molar-refractivity contribution in [1.29, 1.82) is 0 Å². The lowest BCUT2D eigenvalue weighted by atomic mass is 9.70. The minimum atomic E-state index is -0.765. The Morgan fingerprint density at radius 1 is 1.47 bits per heavy atom. The van der Waals surface area contributed by atoms with Crippen LogP contribution in [0.25, 0.3) is 0 Å². The highest BCUT2D eigenvalue weighted by atomic mass is 19.1. The zero-order chi connectivity index (χ0) is 12.6. The molecule has 1 aliphatic rings. The number of fused-ring (bicyclic) bond motifs is 1. The van der Waals surface area contributed by atoms with Crippen molar-refractivity contribution in [3.05, 3.63) is 35.1 Å². The Morgan fingerprint density at radius 3 is 2.76 bits per heavy atom. The minimum absolute atomic E-state index is 0.0769. The first kappa shape index (κ1) is 12.1. The summed E-state index contributed by atoms with van der Waals surface area (Å²) in [5.74, 6) is -1.22. The van der Waals surface area contributed by atoms with Crippen LogP contribution in [-0.4, -0.2) is 11.1 Å². The van der Waals surface area contributed by atoms with Gasteiger partial charge in [-0.15, -0.1) is 0 Å². The van der Waals surface area contributed by atoms with Crippen LogP contribution < -0.4 is 0 Å². The Kier molecular flexibility index (Phi) is 3.18. The van der Waals surface area contributed by atoms with Crippen LogP contribution in [0.2, 0.25) is 0 Å². The maximum atomic E-state index is 13.7. The third-order valence-electron chi connectivity index (χ3n) is 3.69. The fraction of sp³-hybridized carbons (Fsp3) is 0.500. The van der Waals surface area contributed by atoms with E-state index in [0.29, 0.717) is 18.4 Å². The van der Waals surface area contributed by atoms with Crippen LogP contribution in [0.15, 0.2) is 18.2 Å². The molecule has 0 saturated heterocycles. The Morgan fingerprint density at radius 2 is 2.18 bits per heavy atom. The zero-order valence-corrected chi connectivity index (χ0v) is 10.1. The van der Waals surface area contributed by atoms with Gasteiger partial charge in [0.25, 0.3) is 0 Å². The first-order valence-corrected chi connectivity index (χ1v) is 6.02. The van der Waals surface area contributed by atoms with Gasteiger partial charge in [-0.25, -0.2) is 4.39 Å². The highest BCUT2D eigenvalue weighted by molar-refractivity contribution is 5.72. The molecule has 1 N–H and O–H groups in total. The number of hydrogen-bond donors (Lipinski definition) is 1. The van der Waals surface area contributed by atoms with Gasteiger partial charge in [0, 0.05) is 0 Å². The number of halogens is 1. The monoisotopic (exact) mass is 236 g/mol. The first-order valence-electron chi connectivity index (χ1n) is 6.02. The van der Waals surface area contributed by atoms with Crippen LogP contribution in [0.4, 0.5) is 4.39 Å². The van der Waals surface area contributed by atoms with Crippen molar-refractivity contribution >= 4 is 5.97 Å². The molecule has 2 unspecified atom stereocenters. The molecule has 2 nitrogen and oxygen atoms in total. The average Bonchev–Trinajstić information content (AvgIpc) is 2.27. The van der Waals surface area contributed by atoms with Crippen molar-refractivity contribution in [1.82, 2.24) is 0 Å². The predicted octanol–water partition coefficient (Wildman–Crippen LogP) is 3.21. The van der Waals surface area contributed by atoms with E-state index in [1.54, 1.807) is 6.07 Å². The van der Waals surface area contributed by atoms with E-state index in [1.165, 1.54) is 6.07 Å².